The second-order valence-electron chi connectivity index (χ2n) is 4.16. The third kappa shape index (κ3) is 2.27. The fourth-order valence-corrected chi connectivity index (χ4v) is 1.96. The van der Waals surface area contributed by atoms with E-state index in [1.165, 1.54) is 23.8 Å². The zero-order valence-electron chi connectivity index (χ0n) is 10.0. The van der Waals surface area contributed by atoms with E-state index in [1.54, 1.807) is 0 Å². The van der Waals surface area contributed by atoms with E-state index in [-0.39, 0.29) is 0 Å². The lowest BCUT2D eigenvalue weighted by Gasteiger charge is -2.02. The second-order valence-corrected chi connectivity index (χ2v) is 4.16. The summed E-state index contributed by atoms with van der Waals surface area (Å²) in [6, 6.07) is 8.23. The SMILES string of the molecule is CCCCNCc1c(C)oc2ccccc12. The average Bonchev–Trinajstić information content (AvgIpc) is 2.61. The summed E-state index contributed by atoms with van der Waals surface area (Å²) in [6.07, 6.45) is 2.47. The van der Waals surface area contributed by atoms with Crippen molar-refractivity contribution in [2.45, 2.75) is 33.2 Å². The molecule has 0 saturated carbocycles. The van der Waals surface area contributed by atoms with E-state index in [0.717, 1.165) is 24.4 Å². The number of nitrogens with one attached hydrogen (secondary N) is 1. The fraction of sp³-hybridized carbons (Fsp3) is 0.429. The maximum Gasteiger partial charge on any atom is 0.134 e. The largest absolute Gasteiger partial charge is 0.461 e. The highest BCUT2D eigenvalue weighted by molar-refractivity contribution is 5.82. The van der Waals surface area contributed by atoms with Gasteiger partial charge in [-0.3, -0.25) is 0 Å². The van der Waals surface area contributed by atoms with Gasteiger partial charge < -0.3 is 9.73 Å². The summed E-state index contributed by atoms with van der Waals surface area (Å²) < 4.78 is 5.72. The van der Waals surface area contributed by atoms with Crippen LogP contribution in [0.4, 0.5) is 0 Å². The van der Waals surface area contributed by atoms with Crippen LogP contribution in [0.15, 0.2) is 28.7 Å². The van der Waals surface area contributed by atoms with Gasteiger partial charge in [-0.2, -0.15) is 0 Å². The Morgan fingerprint density at radius 2 is 2.06 bits per heavy atom. The van der Waals surface area contributed by atoms with Crippen LogP contribution >= 0.6 is 0 Å². The molecule has 2 nitrogen and oxygen atoms in total. The number of rotatable bonds is 5. The van der Waals surface area contributed by atoms with Crippen molar-refractivity contribution in [2.24, 2.45) is 0 Å². The molecule has 16 heavy (non-hydrogen) atoms. The van der Waals surface area contributed by atoms with Gasteiger partial charge in [0.05, 0.1) is 0 Å². The van der Waals surface area contributed by atoms with Crippen LogP contribution < -0.4 is 5.32 Å². The Balaban J connectivity index is 2.13. The van der Waals surface area contributed by atoms with Gasteiger partial charge in [0.2, 0.25) is 0 Å². The number of benzene rings is 1. The summed E-state index contributed by atoms with van der Waals surface area (Å²) in [6.45, 7) is 6.23. The minimum absolute atomic E-state index is 0.906. The highest BCUT2D eigenvalue weighted by Crippen LogP contribution is 2.24. The Morgan fingerprint density at radius 3 is 2.88 bits per heavy atom. The van der Waals surface area contributed by atoms with E-state index in [4.69, 9.17) is 4.42 Å². The predicted octanol–water partition coefficient (Wildman–Crippen LogP) is 3.63. The van der Waals surface area contributed by atoms with Crippen molar-refractivity contribution in [1.29, 1.82) is 0 Å². The van der Waals surface area contributed by atoms with E-state index in [9.17, 15) is 0 Å². The van der Waals surface area contributed by atoms with Crippen molar-refractivity contribution < 1.29 is 4.42 Å². The van der Waals surface area contributed by atoms with Crippen molar-refractivity contribution >= 4 is 11.0 Å². The van der Waals surface area contributed by atoms with Crippen LogP contribution in [0.2, 0.25) is 0 Å². The molecule has 0 bridgehead atoms. The van der Waals surface area contributed by atoms with Crippen molar-refractivity contribution in [1.82, 2.24) is 5.32 Å². The quantitative estimate of drug-likeness (QED) is 0.774. The Bertz CT molecular complexity index is 459. The standard InChI is InChI=1S/C14H19NO/c1-3-4-9-15-10-13-11(2)16-14-8-6-5-7-12(13)14/h5-8,15H,3-4,9-10H2,1-2H3. The van der Waals surface area contributed by atoms with E-state index in [1.807, 2.05) is 19.1 Å². The molecule has 0 unspecified atom stereocenters. The van der Waals surface area contributed by atoms with E-state index >= 15 is 0 Å². The molecule has 2 rings (SSSR count). The Labute approximate surface area is 96.6 Å². The second kappa shape index (κ2) is 5.17. The predicted molar refractivity (Wildman–Crippen MR) is 67.6 cm³/mol. The minimum Gasteiger partial charge on any atom is -0.461 e. The lowest BCUT2D eigenvalue weighted by molar-refractivity contribution is 0.562. The van der Waals surface area contributed by atoms with Crippen LogP contribution in [0.25, 0.3) is 11.0 Å². The van der Waals surface area contributed by atoms with Gasteiger partial charge in [-0.15, -0.1) is 0 Å². The minimum atomic E-state index is 0.906. The summed E-state index contributed by atoms with van der Waals surface area (Å²) >= 11 is 0. The van der Waals surface area contributed by atoms with Crippen molar-refractivity contribution in [3.63, 3.8) is 0 Å². The van der Waals surface area contributed by atoms with Gasteiger partial charge >= 0.3 is 0 Å². The van der Waals surface area contributed by atoms with E-state index in [2.05, 4.69) is 24.4 Å². The van der Waals surface area contributed by atoms with Gasteiger partial charge in [0.15, 0.2) is 0 Å². The van der Waals surface area contributed by atoms with Crippen LogP contribution in [-0.2, 0) is 6.54 Å². The average molecular weight is 217 g/mol. The molecule has 1 aromatic heterocycles. The van der Waals surface area contributed by atoms with Crippen LogP contribution in [0, 0.1) is 6.92 Å². The Morgan fingerprint density at radius 1 is 1.25 bits per heavy atom. The summed E-state index contributed by atoms with van der Waals surface area (Å²) in [7, 11) is 0. The monoisotopic (exact) mass is 217 g/mol. The van der Waals surface area contributed by atoms with Crippen LogP contribution in [0.5, 0.6) is 0 Å². The van der Waals surface area contributed by atoms with Gasteiger partial charge in [0.1, 0.15) is 11.3 Å². The van der Waals surface area contributed by atoms with Crippen molar-refractivity contribution in [3.8, 4) is 0 Å². The number of hydrogen-bond donors (Lipinski definition) is 1. The molecule has 1 N–H and O–H groups in total. The van der Waals surface area contributed by atoms with Gasteiger partial charge in [-0.25, -0.2) is 0 Å². The summed E-state index contributed by atoms with van der Waals surface area (Å²) in [5, 5.41) is 4.70. The van der Waals surface area contributed by atoms with Crippen molar-refractivity contribution in [2.75, 3.05) is 6.54 Å². The van der Waals surface area contributed by atoms with Gasteiger partial charge in [-0.05, 0) is 26.0 Å². The molecule has 0 atom stereocenters. The summed E-state index contributed by atoms with van der Waals surface area (Å²) in [5.74, 6) is 1.03. The van der Waals surface area contributed by atoms with E-state index < -0.39 is 0 Å². The third-order valence-electron chi connectivity index (χ3n) is 2.91. The van der Waals surface area contributed by atoms with Gasteiger partial charge in [-0.1, -0.05) is 31.5 Å². The lowest BCUT2D eigenvalue weighted by atomic mass is 10.1. The molecule has 0 saturated heterocycles. The number of aryl methyl sites for hydroxylation is 1. The smallest absolute Gasteiger partial charge is 0.134 e. The zero-order chi connectivity index (χ0) is 11.4. The van der Waals surface area contributed by atoms with Crippen molar-refractivity contribution in [3.05, 3.63) is 35.6 Å². The lowest BCUT2D eigenvalue weighted by Crippen LogP contribution is -2.14. The van der Waals surface area contributed by atoms with Crippen LogP contribution in [0.1, 0.15) is 31.1 Å². The summed E-state index contributed by atoms with van der Waals surface area (Å²) in [4.78, 5) is 0. The molecule has 0 amide bonds. The molecule has 0 aliphatic rings. The van der Waals surface area contributed by atoms with Gasteiger partial charge in [0, 0.05) is 17.5 Å². The number of hydrogen-bond acceptors (Lipinski definition) is 2. The number of unbranched alkanes of at least 4 members (excludes halogenated alkanes) is 1. The maximum atomic E-state index is 5.72. The topological polar surface area (TPSA) is 25.2 Å². The van der Waals surface area contributed by atoms with E-state index in [0.29, 0.717) is 0 Å². The Hall–Kier alpha value is -1.28. The zero-order valence-corrected chi connectivity index (χ0v) is 10.0. The molecule has 86 valence electrons. The van der Waals surface area contributed by atoms with Crippen LogP contribution in [0.3, 0.4) is 0 Å². The summed E-state index contributed by atoms with van der Waals surface area (Å²) in [5.41, 5.74) is 2.29. The first-order valence-corrected chi connectivity index (χ1v) is 6.00. The molecule has 0 spiro atoms. The molecule has 0 aliphatic carbocycles. The third-order valence-corrected chi connectivity index (χ3v) is 2.91. The molecule has 0 fully saturated rings. The molecule has 0 radical (unpaired) electrons. The Kier molecular flexibility index (Phi) is 3.62. The number of fused-ring (bicyclic) bond motifs is 1. The first-order valence-electron chi connectivity index (χ1n) is 6.00. The molecule has 2 heteroatoms. The molecule has 1 heterocycles. The highest BCUT2D eigenvalue weighted by Gasteiger charge is 2.08. The first kappa shape index (κ1) is 11.2. The molecular formula is C14H19NO. The maximum absolute atomic E-state index is 5.72. The molecule has 1 aromatic carbocycles. The fourth-order valence-electron chi connectivity index (χ4n) is 1.96. The van der Waals surface area contributed by atoms with Gasteiger partial charge in [0.25, 0.3) is 0 Å². The molecule has 0 aliphatic heterocycles. The highest BCUT2D eigenvalue weighted by atomic mass is 16.3. The normalized spacial score (nSPS) is 11.1. The molecule has 2 aromatic rings. The number of para-hydroxylation sites is 1. The molecular weight excluding hydrogens is 198 g/mol. The van der Waals surface area contributed by atoms with Crippen LogP contribution in [-0.4, -0.2) is 6.54 Å². The first-order chi connectivity index (χ1) is 7.83. The number of furan rings is 1.